The van der Waals surface area contributed by atoms with E-state index in [1.54, 1.807) is 25.1 Å². The van der Waals surface area contributed by atoms with E-state index >= 15 is 0 Å². The van der Waals surface area contributed by atoms with Gasteiger partial charge in [-0.2, -0.15) is 0 Å². The molecular formula is C14H15N3O4. The van der Waals surface area contributed by atoms with Gasteiger partial charge in [0.05, 0.1) is 12.1 Å². The summed E-state index contributed by atoms with van der Waals surface area (Å²) in [7, 11) is 0. The first-order valence-corrected chi connectivity index (χ1v) is 6.31. The van der Waals surface area contributed by atoms with Crippen molar-refractivity contribution >= 4 is 12.0 Å². The van der Waals surface area contributed by atoms with Gasteiger partial charge in [-0.25, -0.2) is 9.59 Å². The number of rotatable bonds is 5. The summed E-state index contributed by atoms with van der Waals surface area (Å²) in [5.74, 6) is -0.319. The normalized spacial score (nSPS) is 10.1. The van der Waals surface area contributed by atoms with E-state index in [-0.39, 0.29) is 24.7 Å². The Balaban J connectivity index is 1.81. The Kier molecular flexibility index (Phi) is 4.55. The second-order valence-electron chi connectivity index (χ2n) is 4.47. The number of hydrogen-bond donors (Lipinski definition) is 3. The molecule has 0 unspecified atom stereocenters. The molecule has 0 radical (unpaired) electrons. The SMILES string of the molecule is Cc1cc(CNC(=O)NCc2cccc(C(=O)O)c2)no1. The topological polar surface area (TPSA) is 104 Å². The highest BCUT2D eigenvalue weighted by Gasteiger charge is 2.06. The van der Waals surface area contributed by atoms with E-state index in [2.05, 4.69) is 15.8 Å². The van der Waals surface area contributed by atoms with Crippen LogP contribution in [-0.2, 0) is 13.1 Å². The van der Waals surface area contributed by atoms with Gasteiger partial charge in [0.2, 0.25) is 0 Å². The molecule has 0 saturated heterocycles. The summed E-state index contributed by atoms with van der Waals surface area (Å²) < 4.78 is 4.88. The maximum atomic E-state index is 11.6. The Morgan fingerprint density at radius 3 is 2.67 bits per heavy atom. The summed E-state index contributed by atoms with van der Waals surface area (Å²) >= 11 is 0. The van der Waals surface area contributed by atoms with Gasteiger partial charge in [-0.15, -0.1) is 0 Å². The summed E-state index contributed by atoms with van der Waals surface area (Å²) in [5, 5.41) is 17.9. The molecule has 2 amide bonds. The van der Waals surface area contributed by atoms with Gasteiger partial charge in [-0.3, -0.25) is 0 Å². The fourth-order valence-electron chi connectivity index (χ4n) is 1.73. The number of carboxylic acid groups (broad SMARTS) is 1. The Morgan fingerprint density at radius 2 is 2.00 bits per heavy atom. The second kappa shape index (κ2) is 6.56. The van der Waals surface area contributed by atoms with Gasteiger partial charge >= 0.3 is 12.0 Å². The number of carbonyl (C=O) groups is 2. The average Bonchev–Trinajstić information content (AvgIpc) is 2.89. The molecule has 0 saturated carbocycles. The van der Waals surface area contributed by atoms with Gasteiger partial charge in [0.1, 0.15) is 11.5 Å². The van der Waals surface area contributed by atoms with Crippen LogP contribution in [0.15, 0.2) is 34.9 Å². The van der Waals surface area contributed by atoms with E-state index in [4.69, 9.17) is 9.63 Å². The number of carbonyl (C=O) groups excluding carboxylic acids is 1. The average molecular weight is 289 g/mol. The smallest absolute Gasteiger partial charge is 0.335 e. The van der Waals surface area contributed by atoms with E-state index < -0.39 is 5.97 Å². The third-order valence-corrected chi connectivity index (χ3v) is 2.73. The van der Waals surface area contributed by atoms with Crippen LogP contribution in [0.4, 0.5) is 4.79 Å². The van der Waals surface area contributed by atoms with Crippen molar-refractivity contribution < 1.29 is 19.2 Å². The van der Waals surface area contributed by atoms with E-state index in [0.717, 1.165) is 0 Å². The standard InChI is InChI=1S/C14H15N3O4/c1-9-5-12(17-21-9)8-16-14(20)15-7-10-3-2-4-11(6-10)13(18)19/h2-6H,7-8H2,1H3,(H,18,19)(H2,15,16,20). The number of amides is 2. The molecule has 0 aliphatic heterocycles. The molecule has 1 aromatic heterocycles. The number of aryl methyl sites for hydroxylation is 1. The minimum Gasteiger partial charge on any atom is -0.478 e. The molecule has 1 heterocycles. The number of nitrogens with zero attached hydrogens (tertiary/aromatic N) is 1. The van der Waals surface area contributed by atoms with Crippen LogP contribution in [0.25, 0.3) is 0 Å². The lowest BCUT2D eigenvalue weighted by molar-refractivity contribution is 0.0696. The molecule has 0 aliphatic rings. The highest BCUT2D eigenvalue weighted by atomic mass is 16.5. The van der Waals surface area contributed by atoms with Crippen LogP contribution in [0.3, 0.4) is 0 Å². The van der Waals surface area contributed by atoms with Crippen molar-refractivity contribution in [1.82, 2.24) is 15.8 Å². The molecular weight excluding hydrogens is 274 g/mol. The number of carboxylic acids is 1. The molecule has 7 nitrogen and oxygen atoms in total. The van der Waals surface area contributed by atoms with Crippen molar-refractivity contribution in [2.24, 2.45) is 0 Å². The van der Waals surface area contributed by atoms with Crippen LogP contribution in [0, 0.1) is 6.92 Å². The third kappa shape index (κ3) is 4.34. The zero-order valence-corrected chi connectivity index (χ0v) is 11.4. The highest BCUT2D eigenvalue weighted by molar-refractivity contribution is 5.87. The van der Waals surface area contributed by atoms with Gasteiger partial charge in [-0.1, -0.05) is 17.3 Å². The molecule has 0 aliphatic carbocycles. The van der Waals surface area contributed by atoms with Crippen molar-refractivity contribution in [3.63, 3.8) is 0 Å². The summed E-state index contributed by atoms with van der Waals surface area (Å²) in [6.45, 7) is 2.27. The van der Waals surface area contributed by atoms with Crippen LogP contribution in [0.1, 0.15) is 27.4 Å². The molecule has 0 atom stereocenters. The largest absolute Gasteiger partial charge is 0.478 e. The van der Waals surface area contributed by atoms with E-state index in [9.17, 15) is 9.59 Å². The highest BCUT2D eigenvalue weighted by Crippen LogP contribution is 2.05. The van der Waals surface area contributed by atoms with Gasteiger partial charge in [-0.05, 0) is 24.6 Å². The van der Waals surface area contributed by atoms with Crippen molar-refractivity contribution in [3.05, 3.63) is 52.9 Å². The third-order valence-electron chi connectivity index (χ3n) is 2.73. The first-order valence-electron chi connectivity index (χ1n) is 6.31. The number of aromatic carboxylic acids is 1. The van der Waals surface area contributed by atoms with Gasteiger partial charge < -0.3 is 20.3 Å². The summed E-state index contributed by atoms with van der Waals surface area (Å²) in [6, 6.07) is 7.76. The molecule has 1 aromatic carbocycles. The predicted octanol–water partition coefficient (Wildman–Crippen LogP) is 1.68. The van der Waals surface area contributed by atoms with Crippen molar-refractivity contribution in [2.45, 2.75) is 20.0 Å². The van der Waals surface area contributed by atoms with Crippen LogP contribution in [0.5, 0.6) is 0 Å². The molecule has 0 fully saturated rings. The Hall–Kier alpha value is -2.83. The van der Waals surface area contributed by atoms with Gasteiger partial charge in [0.15, 0.2) is 0 Å². The van der Waals surface area contributed by atoms with Crippen LogP contribution in [-0.4, -0.2) is 22.3 Å². The molecule has 0 bridgehead atoms. The lowest BCUT2D eigenvalue weighted by Gasteiger charge is -2.07. The van der Waals surface area contributed by atoms with Gasteiger partial charge in [0.25, 0.3) is 0 Å². The van der Waals surface area contributed by atoms with Crippen molar-refractivity contribution in [2.75, 3.05) is 0 Å². The van der Waals surface area contributed by atoms with Crippen LogP contribution < -0.4 is 10.6 Å². The predicted molar refractivity (Wildman–Crippen MR) is 73.7 cm³/mol. The first kappa shape index (κ1) is 14.6. The maximum absolute atomic E-state index is 11.6. The van der Waals surface area contributed by atoms with E-state index in [1.807, 2.05) is 0 Å². The lowest BCUT2D eigenvalue weighted by Crippen LogP contribution is -2.34. The molecule has 2 aromatic rings. The summed E-state index contributed by atoms with van der Waals surface area (Å²) in [5.41, 5.74) is 1.53. The van der Waals surface area contributed by atoms with Crippen LogP contribution in [0.2, 0.25) is 0 Å². The minimum absolute atomic E-state index is 0.188. The van der Waals surface area contributed by atoms with Crippen molar-refractivity contribution in [3.8, 4) is 0 Å². The molecule has 7 heteroatoms. The Labute approximate surface area is 120 Å². The van der Waals surface area contributed by atoms with Gasteiger partial charge in [0, 0.05) is 12.6 Å². The second-order valence-corrected chi connectivity index (χ2v) is 4.47. The molecule has 0 spiro atoms. The number of nitrogens with one attached hydrogen (secondary N) is 2. The number of urea groups is 1. The van der Waals surface area contributed by atoms with E-state index in [0.29, 0.717) is 17.0 Å². The Bertz CT molecular complexity index is 651. The monoisotopic (exact) mass is 289 g/mol. The summed E-state index contributed by atoms with van der Waals surface area (Å²) in [4.78, 5) is 22.5. The maximum Gasteiger partial charge on any atom is 0.335 e. The minimum atomic E-state index is -0.997. The molecule has 2 rings (SSSR count). The number of aromatic nitrogens is 1. The fraction of sp³-hybridized carbons (Fsp3) is 0.214. The molecule has 110 valence electrons. The molecule has 21 heavy (non-hydrogen) atoms. The first-order chi connectivity index (χ1) is 10.0. The fourth-order valence-corrected chi connectivity index (χ4v) is 1.73. The van der Waals surface area contributed by atoms with Crippen LogP contribution >= 0.6 is 0 Å². The number of benzene rings is 1. The van der Waals surface area contributed by atoms with Crippen molar-refractivity contribution in [1.29, 1.82) is 0 Å². The lowest BCUT2D eigenvalue weighted by atomic mass is 10.1. The van der Waals surface area contributed by atoms with E-state index in [1.165, 1.54) is 12.1 Å². The quantitative estimate of drug-likeness (QED) is 0.776. The zero-order chi connectivity index (χ0) is 15.2. The Morgan fingerprint density at radius 1 is 1.24 bits per heavy atom. The summed E-state index contributed by atoms with van der Waals surface area (Å²) in [6.07, 6.45) is 0. The molecule has 3 N–H and O–H groups in total. The zero-order valence-electron chi connectivity index (χ0n) is 11.4. The number of hydrogen-bond acceptors (Lipinski definition) is 4.